The van der Waals surface area contributed by atoms with Gasteiger partial charge in [-0.1, -0.05) is 33.6 Å². The van der Waals surface area contributed by atoms with Crippen molar-refractivity contribution in [1.82, 2.24) is 0 Å². The molecule has 0 saturated heterocycles. The Labute approximate surface area is 83.1 Å². The van der Waals surface area contributed by atoms with Crippen molar-refractivity contribution in [3.8, 4) is 0 Å². The van der Waals surface area contributed by atoms with Gasteiger partial charge in [-0.05, 0) is 37.0 Å². The van der Waals surface area contributed by atoms with Crippen LogP contribution in [-0.4, -0.2) is 6.04 Å². The Balaban J connectivity index is 2.43. The standard InChI is InChI=1S/C12H25N/c1-4-5-10-6-7-12(13)11(8-10)9(2)3/h9-12H,4-8,13H2,1-3H3. The summed E-state index contributed by atoms with van der Waals surface area (Å²) in [7, 11) is 0. The van der Waals surface area contributed by atoms with Crippen molar-refractivity contribution in [2.45, 2.75) is 58.9 Å². The van der Waals surface area contributed by atoms with Crippen LogP contribution in [0.2, 0.25) is 0 Å². The molecule has 1 nitrogen and oxygen atoms in total. The van der Waals surface area contributed by atoms with Crippen molar-refractivity contribution in [3.63, 3.8) is 0 Å². The van der Waals surface area contributed by atoms with Gasteiger partial charge in [0.05, 0.1) is 0 Å². The van der Waals surface area contributed by atoms with E-state index in [-0.39, 0.29) is 0 Å². The molecule has 0 aromatic carbocycles. The van der Waals surface area contributed by atoms with E-state index < -0.39 is 0 Å². The molecule has 0 amide bonds. The van der Waals surface area contributed by atoms with Gasteiger partial charge in [-0.25, -0.2) is 0 Å². The third kappa shape index (κ3) is 2.98. The molecule has 1 aliphatic rings. The van der Waals surface area contributed by atoms with Crippen LogP contribution in [0.5, 0.6) is 0 Å². The minimum atomic E-state index is 0.480. The highest BCUT2D eigenvalue weighted by molar-refractivity contribution is 4.83. The lowest BCUT2D eigenvalue weighted by Gasteiger charge is -2.36. The summed E-state index contributed by atoms with van der Waals surface area (Å²) in [6.45, 7) is 6.93. The maximum Gasteiger partial charge on any atom is 0.00698 e. The Hall–Kier alpha value is -0.0400. The largest absolute Gasteiger partial charge is 0.327 e. The fourth-order valence-electron chi connectivity index (χ4n) is 2.76. The molecule has 0 aromatic heterocycles. The van der Waals surface area contributed by atoms with E-state index in [9.17, 15) is 0 Å². The van der Waals surface area contributed by atoms with Gasteiger partial charge < -0.3 is 5.73 Å². The molecule has 13 heavy (non-hydrogen) atoms. The predicted octanol–water partition coefficient (Wildman–Crippen LogP) is 3.19. The summed E-state index contributed by atoms with van der Waals surface area (Å²) in [6.07, 6.45) is 6.76. The second kappa shape index (κ2) is 4.99. The molecule has 0 aromatic rings. The fourth-order valence-corrected chi connectivity index (χ4v) is 2.76. The van der Waals surface area contributed by atoms with Gasteiger partial charge in [-0.2, -0.15) is 0 Å². The molecule has 3 unspecified atom stereocenters. The number of hydrogen-bond acceptors (Lipinski definition) is 1. The minimum absolute atomic E-state index is 0.480. The van der Waals surface area contributed by atoms with E-state index in [0.29, 0.717) is 6.04 Å². The summed E-state index contributed by atoms with van der Waals surface area (Å²) in [5, 5.41) is 0. The third-order valence-corrected chi connectivity index (χ3v) is 3.62. The smallest absolute Gasteiger partial charge is 0.00698 e. The quantitative estimate of drug-likeness (QED) is 0.714. The molecule has 1 heteroatoms. The molecule has 2 N–H and O–H groups in total. The molecular formula is C12H25N. The van der Waals surface area contributed by atoms with Crippen LogP contribution in [0.4, 0.5) is 0 Å². The first kappa shape index (κ1) is 11.0. The van der Waals surface area contributed by atoms with E-state index in [1.54, 1.807) is 0 Å². The lowest BCUT2D eigenvalue weighted by Crippen LogP contribution is -2.38. The summed E-state index contributed by atoms with van der Waals surface area (Å²) < 4.78 is 0. The molecule has 3 atom stereocenters. The summed E-state index contributed by atoms with van der Waals surface area (Å²) in [5.41, 5.74) is 6.14. The van der Waals surface area contributed by atoms with Crippen LogP contribution < -0.4 is 5.73 Å². The maximum atomic E-state index is 6.14. The second-order valence-electron chi connectivity index (χ2n) is 5.04. The Morgan fingerprint density at radius 2 is 2.00 bits per heavy atom. The molecule has 0 radical (unpaired) electrons. The van der Waals surface area contributed by atoms with Gasteiger partial charge >= 0.3 is 0 Å². The Morgan fingerprint density at radius 1 is 1.31 bits per heavy atom. The zero-order valence-corrected chi connectivity index (χ0v) is 9.42. The van der Waals surface area contributed by atoms with Gasteiger partial charge in [0.15, 0.2) is 0 Å². The minimum Gasteiger partial charge on any atom is -0.327 e. The first-order chi connectivity index (χ1) is 6.15. The second-order valence-corrected chi connectivity index (χ2v) is 5.04. The lowest BCUT2D eigenvalue weighted by molar-refractivity contribution is 0.177. The van der Waals surface area contributed by atoms with Crippen molar-refractivity contribution in [2.75, 3.05) is 0 Å². The summed E-state index contributed by atoms with van der Waals surface area (Å²) >= 11 is 0. The molecule has 1 rings (SSSR count). The number of hydrogen-bond donors (Lipinski definition) is 1. The van der Waals surface area contributed by atoms with Gasteiger partial charge in [0.25, 0.3) is 0 Å². The van der Waals surface area contributed by atoms with Crippen molar-refractivity contribution < 1.29 is 0 Å². The van der Waals surface area contributed by atoms with Crippen LogP contribution in [0.1, 0.15) is 52.9 Å². The molecular weight excluding hydrogens is 158 g/mol. The van der Waals surface area contributed by atoms with Gasteiger partial charge in [0.2, 0.25) is 0 Å². The lowest BCUT2D eigenvalue weighted by atomic mass is 9.72. The first-order valence-electron chi connectivity index (χ1n) is 5.90. The van der Waals surface area contributed by atoms with E-state index in [4.69, 9.17) is 5.73 Å². The molecule has 0 bridgehead atoms. The molecule has 78 valence electrons. The normalized spacial score (nSPS) is 35.3. The van der Waals surface area contributed by atoms with E-state index in [0.717, 1.165) is 17.8 Å². The number of nitrogens with two attached hydrogens (primary N) is 1. The van der Waals surface area contributed by atoms with Crippen LogP contribution in [0.25, 0.3) is 0 Å². The highest BCUT2D eigenvalue weighted by Crippen LogP contribution is 2.34. The van der Waals surface area contributed by atoms with Crippen molar-refractivity contribution in [3.05, 3.63) is 0 Å². The van der Waals surface area contributed by atoms with Crippen LogP contribution in [0.3, 0.4) is 0 Å². The molecule has 0 heterocycles. The van der Waals surface area contributed by atoms with Crippen LogP contribution in [-0.2, 0) is 0 Å². The molecule has 1 aliphatic carbocycles. The van der Waals surface area contributed by atoms with E-state index in [1.807, 2.05) is 0 Å². The monoisotopic (exact) mass is 183 g/mol. The fraction of sp³-hybridized carbons (Fsp3) is 1.00. The van der Waals surface area contributed by atoms with E-state index in [2.05, 4.69) is 20.8 Å². The SMILES string of the molecule is CCCC1CCC(N)C(C(C)C)C1. The first-order valence-corrected chi connectivity index (χ1v) is 5.90. The highest BCUT2D eigenvalue weighted by atomic mass is 14.7. The molecule has 0 spiro atoms. The van der Waals surface area contributed by atoms with Gasteiger partial charge in [-0.15, -0.1) is 0 Å². The van der Waals surface area contributed by atoms with Crippen molar-refractivity contribution in [2.24, 2.45) is 23.5 Å². The Bertz CT molecular complexity index is 142. The average Bonchev–Trinajstić information content (AvgIpc) is 2.08. The zero-order chi connectivity index (χ0) is 9.84. The van der Waals surface area contributed by atoms with Gasteiger partial charge in [-0.3, -0.25) is 0 Å². The summed E-state index contributed by atoms with van der Waals surface area (Å²) in [5.74, 6) is 2.53. The van der Waals surface area contributed by atoms with E-state index in [1.165, 1.54) is 32.1 Å². The van der Waals surface area contributed by atoms with Crippen molar-refractivity contribution in [1.29, 1.82) is 0 Å². The highest BCUT2D eigenvalue weighted by Gasteiger charge is 2.29. The van der Waals surface area contributed by atoms with Crippen LogP contribution in [0, 0.1) is 17.8 Å². The predicted molar refractivity (Wildman–Crippen MR) is 58.6 cm³/mol. The van der Waals surface area contributed by atoms with Crippen LogP contribution in [0.15, 0.2) is 0 Å². The van der Waals surface area contributed by atoms with Gasteiger partial charge in [0, 0.05) is 6.04 Å². The molecule has 0 aliphatic heterocycles. The Morgan fingerprint density at radius 3 is 2.54 bits per heavy atom. The Kier molecular flexibility index (Phi) is 4.24. The topological polar surface area (TPSA) is 26.0 Å². The summed E-state index contributed by atoms with van der Waals surface area (Å²) in [4.78, 5) is 0. The third-order valence-electron chi connectivity index (χ3n) is 3.62. The van der Waals surface area contributed by atoms with E-state index >= 15 is 0 Å². The van der Waals surface area contributed by atoms with Crippen LogP contribution >= 0.6 is 0 Å². The molecule has 1 saturated carbocycles. The maximum absolute atomic E-state index is 6.14. The zero-order valence-electron chi connectivity index (χ0n) is 9.42. The molecule has 1 fully saturated rings. The number of rotatable bonds is 3. The van der Waals surface area contributed by atoms with Gasteiger partial charge in [0.1, 0.15) is 0 Å². The van der Waals surface area contributed by atoms with Crippen molar-refractivity contribution >= 4 is 0 Å². The average molecular weight is 183 g/mol. The summed E-state index contributed by atoms with van der Waals surface area (Å²) in [6, 6.07) is 0.480.